The Morgan fingerprint density at radius 3 is 2.06 bits per heavy atom. The number of piperidine rings is 1. The van der Waals surface area contributed by atoms with E-state index in [2.05, 4.69) is 10.3 Å². The highest BCUT2D eigenvalue weighted by molar-refractivity contribution is 7.92. The number of halogens is 9. The summed E-state index contributed by atoms with van der Waals surface area (Å²) < 4.78 is 149. The Kier molecular flexibility index (Phi) is 9.24. The van der Waals surface area contributed by atoms with E-state index < -0.39 is 68.4 Å². The second-order valence-corrected chi connectivity index (χ2v) is 13.2. The van der Waals surface area contributed by atoms with Crippen molar-refractivity contribution < 1.29 is 57.5 Å². The average molecular weight is 714 g/mol. The number of hydrogen-bond acceptors (Lipinski definition) is 5. The molecule has 4 rings (SSSR count). The highest BCUT2D eigenvalue weighted by atomic mass is 32.2. The van der Waals surface area contributed by atoms with Crippen molar-refractivity contribution in [2.45, 2.75) is 56.2 Å². The standard InChI is InChI=1S/C29H28F9N5O4S/c1-16-13-20(42(3)24(39)45)14-17(2)21(16)7-12-48(46,47)43-10-8-25(9-11-43)23(44)40-22(41-25)18-5-4-6-19(15-18)26(30,31)27(32,33)28(34,35)29(36,37)38/h4-7,12-15H,8-11H2,1-3H3,(H2,39,45)(H,40,41,44). The van der Waals surface area contributed by atoms with Crippen molar-refractivity contribution in [1.29, 1.82) is 0 Å². The molecule has 2 heterocycles. The van der Waals surface area contributed by atoms with E-state index in [9.17, 15) is 57.5 Å². The fourth-order valence-electron chi connectivity index (χ4n) is 5.30. The number of carbonyl (C=O) groups excluding carboxylic acids is 2. The van der Waals surface area contributed by atoms with E-state index in [4.69, 9.17) is 5.73 Å². The summed E-state index contributed by atoms with van der Waals surface area (Å²) in [6.07, 6.45) is -6.02. The largest absolute Gasteiger partial charge is 0.460 e. The highest BCUT2D eigenvalue weighted by Gasteiger charge is 2.82. The lowest BCUT2D eigenvalue weighted by molar-refractivity contribution is -0.399. The predicted octanol–water partition coefficient (Wildman–Crippen LogP) is 5.45. The molecule has 3 N–H and O–H groups in total. The third-order valence-corrected chi connectivity index (χ3v) is 9.80. The zero-order valence-electron chi connectivity index (χ0n) is 25.3. The summed E-state index contributed by atoms with van der Waals surface area (Å²) in [6, 6.07) is 4.71. The van der Waals surface area contributed by atoms with Crippen LogP contribution in [-0.2, 0) is 20.7 Å². The topological polar surface area (TPSA) is 125 Å². The molecule has 0 atom stereocenters. The summed E-state index contributed by atoms with van der Waals surface area (Å²) in [5.74, 6) is -21.2. The molecule has 48 heavy (non-hydrogen) atoms. The first-order chi connectivity index (χ1) is 21.9. The van der Waals surface area contributed by atoms with Gasteiger partial charge in [0, 0.05) is 42.4 Å². The first-order valence-corrected chi connectivity index (χ1v) is 15.4. The maximum Gasteiger partial charge on any atom is 0.460 e. The van der Waals surface area contributed by atoms with Gasteiger partial charge in [0.15, 0.2) is 0 Å². The molecule has 0 bridgehead atoms. The Morgan fingerprint density at radius 1 is 0.979 bits per heavy atom. The second-order valence-electron chi connectivity index (χ2n) is 11.4. The summed E-state index contributed by atoms with van der Waals surface area (Å²) in [5.41, 5.74) is 3.67. The van der Waals surface area contributed by atoms with Crippen LogP contribution in [0.5, 0.6) is 0 Å². The number of urea groups is 1. The van der Waals surface area contributed by atoms with Crippen molar-refractivity contribution >= 4 is 39.6 Å². The van der Waals surface area contributed by atoms with Crippen LogP contribution >= 0.6 is 0 Å². The lowest BCUT2D eigenvalue weighted by Crippen LogP contribution is -2.59. The summed E-state index contributed by atoms with van der Waals surface area (Å²) in [5, 5.41) is 3.23. The van der Waals surface area contributed by atoms with Crippen LogP contribution in [0, 0.1) is 13.8 Å². The summed E-state index contributed by atoms with van der Waals surface area (Å²) in [4.78, 5) is 29.8. The number of carbonyl (C=O) groups is 2. The molecule has 19 heteroatoms. The molecule has 2 aliphatic heterocycles. The Balaban J connectivity index is 1.53. The number of rotatable bonds is 8. The zero-order valence-corrected chi connectivity index (χ0v) is 26.1. The third kappa shape index (κ3) is 6.24. The highest BCUT2D eigenvalue weighted by Crippen LogP contribution is 2.56. The molecule has 2 aromatic rings. The van der Waals surface area contributed by atoms with E-state index in [1.54, 1.807) is 26.0 Å². The Bertz CT molecular complexity index is 1780. The molecule has 2 aliphatic rings. The number of sulfonamides is 1. The Morgan fingerprint density at radius 2 is 1.54 bits per heavy atom. The molecule has 0 unspecified atom stereocenters. The van der Waals surface area contributed by atoms with Crippen LogP contribution in [0.3, 0.4) is 0 Å². The number of amidine groups is 1. The van der Waals surface area contributed by atoms with Crippen LogP contribution in [0.25, 0.3) is 6.08 Å². The van der Waals surface area contributed by atoms with Gasteiger partial charge in [0.05, 0.1) is 0 Å². The van der Waals surface area contributed by atoms with Gasteiger partial charge in [-0.3, -0.25) is 14.7 Å². The number of primary amides is 1. The molecule has 0 aliphatic carbocycles. The normalized spacial score (nSPS) is 17.9. The molecule has 3 amide bonds. The van der Waals surface area contributed by atoms with Crippen molar-refractivity contribution in [1.82, 2.24) is 9.62 Å². The van der Waals surface area contributed by atoms with Crippen molar-refractivity contribution in [3.05, 3.63) is 69.6 Å². The second kappa shape index (κ2) is 12.1. The van der Waals surface area contributed by atoms with Crippen LogP contribution in [0.2, 0.25) is 0 Å². The number of hydrogen-bond donors (Lipinski definition) is 2. The monoisotopic (exact) mass is 713 g/mol. The number of nitrogens with two attached hydrogens (primary N) is 1. The number of benzene rings is 2. The number of anilines is 1. The molecule has 0 aromatic heterocycles. The molecular formula is C29H28F9N5O4S. The molecule has 1 saturated heterocycles. The average Bonchev–Trinajstić information content (AvgIpc) is 3.30. The summed E-state index contributed by atoms with van der Waals surface area (Å²) >= 11 is 0. The number of aliphatic imine (C=N–C) groups is 1. The lowest BCUT2D eigenvalue weighted by Gasteiger charge is -2.34. The lowest BCUT2D eigenvalue weighted by atomic mass is 9.89. The first-order valence-electron chi connectivity index (χ1n) is 13.9. The molecule has 9 nitrogen and oxygen atoms in total. The van der Waals surface area contributed by atoms with Crippen molar-refractivity contribution in [2.24, 2.45) is 10.7 Å². The van der Waals surface area contributed by atoms with Crippen LogP contribution in [0.4, 0.5) is 50.0 Å². The maximum absolute atomic E-state index is 14.6. The van der Waals surface area contributed by atoms with Crippen molar-refractivity contribution in [2.75, 3.05) is 25.0 Å². The zero-order chi connectivity index (χ0) is 36.3. The molecule has 0 saturated carbocycles. The molecule has 2 aromatic carbocycles. The van der Waals surface area contributed by atoms with Gasteiger partial charge in [0.2, 0.25) is 10.0 Å². The van der Waals surface area contributed by atoms with Crippen molar-refractivity contribution in [3.63, 3.8) is 0 Å². The smallest absolute Gasteiger partial charge is 0.351 e. The van der Waals surface area contributed by atoms with Crippen LogP contribution in [-0.4, -0.2) is 74.2 Å². The first kappa shape index (κ1) is 36.7. The maximum atomic E-state index is 14.6. The van der Waals surface area contributed by atoms with E-state index in [-0.39, 0.29) is 38.1 Å². The minimum Gasteiger partial charge on any atom is -0.351 e. The van der Waals surface area contributed by atoms with Gasteiger partial charge in [-0.2, -0.15) is 43.8 Å². The van der Waals surface area contributed by atoms with Crippen LogP contribution in [0.1, 0.15) is 40.7 Å². The minimum atomic E-state index is -7.09. The van der Waals surface area contributed by atoms with Crippen molar-refractivity contribution in [3.8, 4) is 0 Å². The number of aryl methyl sites for hydroxylation is 2. The van der Waals surface area contributed by atoms with Gasteiger partial charge < -0.3 is 11.1 Å². The molecule has 262 valence electrons. The van der Waals surface area contributed by atoms with Gasteiger partial charge in [-0.25, -0.2) is 13.2 Å². The number of nitrogens with zero attached hydrogens (tertiary/aromatic N) is 3. The predicted molar refractivity (Wildman–Crippen MR) is 156 cm³/mol. The van der Waals surface area contributed by atoms with Crippen LogP contribution < -0.4 is 16.0 Å². The van der Waals surface area contributed by atoms with Gasteiger partial charge in [0.25, 0.3) is 5.91 Å². The number of alkyl halides is 9. The van der Waals surface area contributed by atoms with Crippen LogP contribution in [0.15, 0.2) is 46.8 Å². The number of nitrogens with one attached hydrogen (secondary N) is 1. The minimum absolute atomic E-state index is 0.201. The third-order valence-electron chi connectivity index (χ3n) is 8.24. The Hall–Kier alpha value is -4.13. The SMILES string of the molecule is Cc1cc(N(C)C(N)=O)cc(C)c1C=CS(=O)(=O)N1CCC2(CC1)N=C(c1cccc(C(F)(F)C(F)(F)C(F)(F)C(F)(F)F)c1)NC2=O. The van der Waals surface area contributed by atoms with E-state index in [0.717, 1.165) is 15.8 Å². The quantitative estimate of drug-likeness (QED) is 0.353. The fourth-order valence-corrected chi connectivity index (χ4v) is 6.47. The summed E-state index contributed by atoms with van der Waals surface area (Å²) in [7, 11) is -2.58. The van der Waals surface area contributed by atoms with E-state index in [1.165, 1.54) is 18.0 Å². The van der Waals surface area contributed by atoms with Gasteiger partial charge >= 0.3 is 30.0 Å². The van der Waals surface area contributed by atoms with E-state index in [1.807, 2.05) is 0 Å². The van der Waals surface area contributed by atoms with Gasteiger partial charge in [-0.05, 0) is 67.7 Å². The number of amides is 3. The van der Waals surface area contributed by atoms with E-state index >= 15 is 0 Å². The Labute approximate surface area is 268 Å². The van der Waals surface area contributed by atoms with E-state index in [0.29, 0.717) is 28.4 Å². The fraction of sp³-hybridized carbons (Fsp3) is 0.414. The molecular weight excluding hydrogens is 685 g/mol. The molecule has 1 fully saturated rings. The van der Waals surface area contributed by atoms with Gasteiger partial charge in [0.1, 0.15) is 11.4 Å². The van der Waals surface area contributed by atoms with Gasteiger partial charge in [-0.1, -0.05) is 18.2 Å². The summed E-state index contributed by atoms with van der Waals surface area (Å²) in [6.45, 7) is 2.95. The molecule has 1 spiro atoms. The van der Waals surface area contributed by atoms with Gasteiger partial charge in [-0.15, -0.1) is 0 Å². The molecule has 0 radical (unpaired) electrons.